The van der Waals surface area contributed by atoms with Gasteiger partial charge in [0.15, 0.2) is 11.2 Å². The summed E-state index contributed by atoms with van der Waals surface area (Å²) < 4.78 is 0. The number of aromatic nitrogens is 1. The normalized spacial score (nSPS) is 24.9. The summed E-state index contributed by atoms with van der Waals surface area (Å²) in [5.74, 6) is -0.284. The van der Waals surface area contributed by atoms with Crippen LogP contribution in [0.4, 0.5) is 5.13 Å². The summed E-state index contributed by atoms with van der Waals surface area (Å²) in [6.07, 6.45) is 9.00. The summed E-state index contributed by atoms with van der Waals surface area (Å²) in [7, 11) is 0. The number of hydrogen-bond acceptors (Lipinski definition) is 8. The average molecular weight is 525 g/mol. The number of rotatable bonds is 1. The van der Waals surface area contributed by atoms with Crippen molar-refractivity contribution in [3.8, 4) is 18.1 Å². The van der Waals surface area contributed by atoms with E-state index in [4.69, 9.17) is 12.2 Å². The van der Waals surface area contributed by atoms with E-state index in [2.05, 4.69) is 26.9 Å². The maximum absolute atomic E-state index is 13.0. The van der Waals surface area contributed by atoms with Crippen molar-refractivity contribution in [2.75, 3.05) is 11.4 Å². The summed E-state index contributed by atoms with van der Waals surface area (Å²) >= 11 is 1.42. The van der Waals surface area contributed by atoms with Crippen molar-refractivity contribution < 1.29 is 24.3 Å². The van der Waals surface area contributed by atoms with Gasteiger partial charge in [-0.25, -0.2) is 4.98 Å². The Morgan fingerprint density at radius 3 is 2.73 bits per heavy atom. The smallest absolute Gasteiger partial charge is 0.255 e. The van der Waals surface area contributed by atoms with Gasteiger partial charge in [-0.2, -0.15) is 0 Å². The van der Waals surface area contributed by atoms with E-state index in [0.29, 0.717) is 35.6 Å². The zero-order chi connectivity index (χ0) is 26.7. The molecule has 4 rings (SSSR count). The van der Waals surface area contributed by atoms with E-state index in [9.17, 15) is 24.3 Å². The van der Waals surface area contributed by atoms with Gasteiger partial charge in [0.2, 0.25) is 17.7 Å². The van der Waals surface area contributed by atoms with Crippen molar-refractivity contribution in [2.24, 2.45) is 5.73 Å². The van der Waals surface area contributed by atoms with Gasteiger partial charge >= 0.3 is 0 Å². The van der Waals surface area contributed by atoms with Crippen LogP contribution in [-0.4, -0.2) is 64.4 Å². The minimum Gasteiger partial charge on any atom is -0.508 e. The number of phenolic OH excluding ortho intramolecular Hbond substituents is 1. The van der Waals surface area contributed by atoms with Crippen LogP contribution in [0.3, 0.4) is 0 Å². The summed E-state index contributed by atoms with van der Waals surface area (Å²) in [6.45, 7) is 2.13. The maximum atomic E-state index is 13.0. The zero-order valence-electron chi connectivity index (χ0n) is 20.2. The molecule has 0 spiro atoms. The third-order valence-corrected chi connectivity index (χ3v) is 7.45. The Hall–Kier alpha value is -4.11. The first-order valence-electron chi connectivity index (χ1n) is 11.8. The van der Waals surface area contributed by atoms with Gasteiger partial charge in [0.25, 0.3) is 5.91 Å². The van der Waals surface area contributed by atoms with Crippen LogP contribution in [0.1, 0.15) is 35.8 Å². The highest BCUT2D eigenvalue weighted by Crippen LogP contribution is 2.32. The number of anilines is 1. The molecule has 4 atom stereocenters. The number of carbonyl (C=O) groups excluding carboxylic acids is 4. The molecule has 1 fully saturated rings. The van der Waals surface area contributed by atoms with Crippen LogP contribution in [0.15, 0.2) is 24.4 Å². The molecule has 6 N–H and O–H groups in total. The first-order chi connectivity index (χ1) is 17.7. The van der Waals surface area contributed by atoms with Crippen molar-refractivity contribution >= 4 is 40.1 Å². The lowest BCUT2D eigenvalue weighted by Gasteiger charge is -2.25. The summed E-state index contributed by atoms with van der Waals surface area (Å²) in [5.41, 5.74) is 6.79. The molecule has 4 amide bonds. The number of aromatic hydroxyl groups is 1. The molecule has 194 valence electrons. The monoisotopic (exact) mass is 524 g/mol. The predicted molar refractivity (Wildman–Crippen MR) is 137 cm³/mol. The molecule has 2 aromatic rings. The van der Waals surface area contributed by atoms with Gasteiger partial charge in [0.05, 0.1) is 0 Å². The highest BCUT2D eigenvalue weighted by Gasteiger charge is 2.34. The SMILES string of the molecule is C#C[C@@H]1NC(=O)[C@H](C)NC(=O)[C@@H]2CCCN2c2ncc(s2)Cc2cc(ccc2O)C[C@@H](C(N)=O)NC1=O. The van der Waals surface area contributed by atoms with Gasteiger partial charge in [0.1, 0.15) is 23.9 Å². The molecule has 0 aliphatic carbocycles. The summed E-state index contributed by atoms with van der Waals surface area (Å²) in [5, 5.41) is 18.7. The number of thiazole rings is 1. The Balaban J connectivity index is 1.69. The lowest BCUT2D eigenvalue weighted by atomic mass is 10.00. The summed E-state index contributed by atoms with van der Waals surface area (Å²) in [4.78, 5) is 58.0. The Morgan fingerprint density at radius 1 is 1.22 bits per heavy atom. The lowest BCUT2D eigenvalue weighted by Crippen LogP contribution is -2.56. The van der Waals surface area contributed by atoms with Crippen molar-refractivity contribution in [1.29, 1.82) is 0 Å². The molecule has 1 aromatic carbocycles. The fraction of sp³-hybridized carbons (Fsp3) is 0.400. The van der Waals surface area contributed by atoms with Crippen molar-refractivity contribution in [2.45, 2.75) is 56.8 Å². The van der Waals surface area contributed by atoms with Crippen molar-refractivity contribution in [1.82, 2.24) is 20.9 Å². The summed E-state index contributed by atoms with van der Waals surface area (Å²) in [6, 6.07) is 0.915. The number of phenols is 1. The first-order valence-corrected chi connectivity index (χ1v) is 12.7. The number of primary amides is 1. The molecule has 2 aliphatic heterocycles. The predicted octanol–water partition coefficient (Wildman–Crippen LogP) is -0.443. The Kier molecular flexibility index (Phi) is 7.63. The van der Waals surface area contributed by atoms with Crippen LogP contribution in [0.25, 0.3) is 0 Å². The molecule has 12 heteroatoms. The zero-order valence-corrected chi connectivity index (χ0v) is 21.0. The number of nitrogens with one attached hydrogen (secondary N) is 3. The Morgan fingerprint density at radius 2 is 2.00 bits per heavy atom. The minimum atomic E-state index is -1.39. The van der Waals surface area contributed by atoms with E-state index >= 15 is 0 Å². The van der Waals surface area contributed by atoms with Crippen molar-refractivity contribution in [3.63, 3.8) is 0 Å². The topological polar surface area (TPSA) is 167 Å². The molecular weight excluding hydrogens is 496 g/mol. The molecule has 4 bridgehead atoms. The first kappa shape index (κ1) is 26.0. The molecule has 11 nitrogen and oxygen atoms in total. The third-order valence-electron chi connectivity index (χ3n) is 6.42. The second kappa shape index (κ2) is 10.9. The quantitative estimate of drug-likeness (QED) is 0.315. The number of nitrogens with zero attached hydrogens (tertiary/aromatic N) is 2. The van der Waals surface area contributed by atoms with Crippen LogP contribution in [0, 0.1) is 12.3 Å². The van der Waals surface area contributed by atoms with Crippen LogP contribution in [0.2, 0.25) is 0 Å². The van der Waals surface area contributed by atoms with E-state index in [1.807, 2.05) is 4.90 Å². The van der Waals surface area contributed by atoms with Gasteiger partial charge in [-0.05, 0) is 37.0 Å². The van der Waals surface area contributed by atoms with Gasteiger partial charge in [0, 0.05) is 30.5 Å². The highest BCUT2D eigenvalue weighted by atomic mass is 32.1. The van der Waals surface area contributed by atoms with Gasteiger partial charge in [-0.1, -0.05) is 18.1 Å². The number of benzene rings is 1. The third kappa shape index (κ3) is 5.83. The van der Waals surface area contributed by atoms with E-state index < -0.39 is 41.9 Å². The van der Waals surface area contributed by atoms with Crippen LogP contribution in [-0.2, 0) is 32.0 Å². The van der Waals surface area contributed by atoms with Gasteiger partial charge in [-0.15, -0.1) is 17.8 Å². The van der Waals surface area contributed by atoms with Crippen LogP contribution >= 0.6 is 11.3 Å². The van der Waals surface area contributed by atoms with E-state index in [1.165, 1.54) is 24.3 Å². The molecule has 1 aromatic heterocycles. The maximum Gasteiger partial charge on any atom is 0.255 e. The molecular formula is C25H28N6O5S. The van der Waals surface area contributed by atoms with Crippen molar-refractivity contribution in [3.05, 3.63) is 40.4 Å². The van der Waals surface area contributed by atoms with E-state index in [1.54, 1.807) is 18.3 Å². The number of hydrogen-bond donors (Lipinski definition) is 5. The standard InChI is InChI=1S/C25H28N6O5S/c1-3-17-23(35)30-18(21(26)33)10-14-6-7-20(32)15(9-14)11-16-12-27-25(37-16)31-8-4-5-19(31)24(36)28-13(2)22(34)29-17/h1,6-7,9,12-13,17-19,32H,4-5,8,10-11H2,2H3,(H2,26,33)(H,28,36)(H,29,34)(H,30,35)/t13-,17-,18-,19-/m0/s1. The van der Waals surface area contributed by atoms with Gasteiger partial charge in [-0.3, -0.25) is 19.2 Å². The number of nitrogens with two attached hydrogens (primary N) is 1. The Labute approximate surface area is 217 Å². The number of amides is 4. The second-order valence-electron chi connectivity index (χ2n) is 9.11. The number of carbonyl (C=O) groups is 4. The Bertz CT molecular complexity index is 1270. The van der Waals surface area contributed by atoms with E-state index in [0.717, 1.165) is 11.3 Å². The van der Waals surface area contributed by atoms with Gasteiger partial charge < -0.3 is 31.7 Å². The van der Waals surface area contributed by atoms with E-state index in [-0.39, 0.29) is 18.1 Å². The fourth-order valence-electron chi connectivity index (χ4n) is 4.41. The largest absolute Gasteiger partial charge is 0.508 e. The molecule has 2 aliphatic rings. The van der Waals surface area contributed by atoms with Crippen LogP contribution in [0.5, 0.6) is 5.75 Å². The molecule has 0 saturated carbocycles. The molecule has 1 saturated heterocycles. The second-order valence-corrected chi connectivity index (χ2v) is 10.2. The fourth-order valence-corrected chi connectivity index (χ4v) is 5.42. The average Bonchev–Trinajstić information content (AvgIpc) is 3.52. The van der Waals surface area contributed by atoms with Crippen LogP contribution < -0.4 is 26.6 Å². The highest BCUT2D eigenvalue weighted by molar-refractivity contribution is 7.15. The minimum absolute atomic E-state index is 0.0510. The molecule has 0 unspecified atom stereocenters. The number of fused-ring (bicyclic) bond motifs is 6. The molecule has 0 radical (unpaired) electrons. The number of terminal acetylenes is 1. The lowest BCUT2D eigenvalue weighted by molar-refractivity contribution is -0.132. The molecule has 37 heavy (non-hydrogen) atoms. The molecule has 3 heterocycles.